The maximum Gasteiger partial charge on any atom is 0.344 e. The summed E-state index contributed by atoms with van der Waals surface area (Å²) < 4.78 is 15.3. The normalized spacial score (nSPS) is 11.6. The minimum absolute atomic E-state index is 0.217. The summed E-state index contributed by atoms with van der Waals surface area (Å²) in [7, 11) is 1.27. The largest absolute Gasteiger partial charge is 0.482 e. The topological polar surface area (TPSA) is 94.7 Å². The van der Waals surface area contributed by atoms with E-state index in [1.54, 1.807) is 26.0 Å². The summed E-state index contributed by atoms with van der Waals surface area (Å²) in [6.45, 7) is 6.53. The molecule has 0 amide bonds. The molecule has 1 aromatic carbocycles. The van der Waals surface area contributed by atoms with E-state index in [1.807, 2.05) is 19.1 Å². The lowest BCUT2D eigenvalue weighted by atomic mass is 10.1. The molecule has 1 aromatic heterocycles. The number of ketones is 1. The quantitative estimate of drug-likeness (QED) is 0.552. The molecule has 0 bridgehead atoms. The van der Waals surface area contributed by atoms with Gasteiger partial charge in [-0.2, -0.15) is 0 Å². The highest BCUT2D eigenvalue weighted by atomic mass is 16.6. The third kappa shape index (κ3) is 4.79. The van der Waals surface area contributed by atoms with Gasteiger partial charge in [-0.25, -0.2) is 9.59 Å². The smallest absolute Gasteiger partial charge is 0.344 e. The van der Waals surface area contributed by atoms with Gasteiger partial charge in [0.05, 0.1) is 18.4 Å². The second kappa shape index (κ2) is 9.21. The van der Waals surface area contributed by atoms with Crippen LogP contribution in [0.15, 0.2) is 24.3 Å². The molecular weight excluding hydrogens is 362 g/mol. The average molecular weight is 387 g/mol. The summed E-state index contributed by atoms with van der Waals surface area (Å²) in [5.41, 5.74) is 2.67. The molecule has 0 aliphatic carbocycles. The lowest BCUT2D eigenvalue weighted by Crippen LogP contribution is -2.28. The van der Waals surface area contributed by atoms with E-state index in [2.05, 4.69) is 4.98 Å². The van der Waals surface area contributed by atoms with Crippen LogP contribution in [0.3, 0.4) is 0 Å². The van der Waals surface area contributed by atoms with Crippen LogP contribution >= 0.6 is 0 Å². The molecule has 7 heteroatoms. The first kappa shape index (κ1) is 21.2. The Labute approximate surface area is 164 Å². The van der Waals surface area contributed by atoms with Crippen LogP contribution in [0.25, 0.3) is 0 Å². The van der Waals surface area contributed by atoms with Crippen LogP contribution in [0.2, 0.25) is 0 Å². The maximum atomic E-state index is 12.6. The number of carbonyl (C=O) groups excluding carboxylic acids is 3. The first-order valence-corrected chi connectivity index (χ1v) is 9.01. The number of methoxy groups -OCH3 is 1. The molecule has 150 valence electrons. The van der Waals surface area contributed by atoms with Gasteiger partial charge >= 0.3 is 11.9 Å². The molecule has 7 nitrogen and oxygen atoms in total. The lowest BCUT2D eigenvalue weighted by molar-refractivity contribution is -0.148. The van der Waals surface area contributed by atoms with Crippen molar-refractivity contribution < 1.29 is 28.6 Å². The number of nitrogens with one attached hydrogen (secondary N) is 1. The Morgan fingerprint density at radius 3 is 2.32 bits per heavy atom. The maximum absolute atomic E-state index is 12.6. The van der Waals surface area contributed by atoms with E-state index in [-0.39, 0.29) is 12.3 Å². The fourth-order valence-corrected chi connectivity index (χ4v) is 2.86. The van der Waals surface area contributed by atoms with Crippen molar-refractivity contribution in [2.45, 2.75) is 40.2 Å². The number of ether oxygens (including phenoxy) is 3. The molecule has 0 fully saturated rings. The van der Waals surface area contributed by atoms with Crippen LogP contribution in [0, 0.1) is 13.8 Å². The molecule has 0 saturated heterocycles. The van der Waals surface area contributed by atoms with Gasteiger partial charge < -0.3 is 19.2 Å². The Morgan fingerprint density at radius 1 is 1.11 bits per heavy atom. The zero-order valence-corrected chi connectivity index (χ0v) is 16.8. The molecule has 0 unspecified atom stereocenters. The van der Waals surface area contributed by atoms with Crippen molar-refractivity contribution in [1.29, 1.82) is 0 Å². The summed E-state index contributed by atoms with van der Waals surface area (Å²) >= 11 is 0. The molecule has 28 heavy (non-hydrogen) atoms. The van der Waals surface area contributed by atoms with Crippen LogP contribution in [0.1, 0.15) is 51.5 Å². The van der Waals surface area contributed by atoms with Crippen LogP contribution in [0.5, 0.6) is 5.75 Å². The van der Waals surface area contributed by atoms with Gasteiger partial charge in [0.1, 0.15) is 5.75 Å². The molecule has 0 aliphatic rings. The first-order chi connectivity index (χ1) is 13.3. The first-order valence-electron chi connectivity index (χ1n) is 9.01. The van der Waals surface area contributed by atoms with Crippen LogP contribution in [0.4, 0.5) is 0 Å². The highest BCUT2D eigenvalue weighted by molar-refractivity contribution is 6.03. The number of H-pyrrole nitrogens is 1. The monoisotopic (exact) mass is 387 g/mol. The fourth-order valence-electron chi connectivity index (χ4n) is 2.86. The van der Waals surface area contributed by atoms with Gasteiger partial charge in [0.2, 0.25) is 5.78 Å². The molecule has 0 spiro atoms. The van der Waals surface area contributed by atoms with E-state index < -0.39 is 23.8 Å². The van der Waals surface area contributed by atoms with E-state index in [0.29, 0.717) is 22.6 Å². The molecule has 0 aliphatic heterocycles. The fraction of sp³-hybridized carbons (Fsp3) is 0.381. The zero-order chi connectivity index (χ0) is 20.8. The zero-order valence-electron chi connectivity index (χ0n) is 16.8. The van der Waals surface area contributed by atoms with Gasteiger partial charge in [0.15, 0.2) is 12.7 Å². The summed E-state index contributed by atoms with van der Waals surface area (Å²) in [6.07, 6.45) is -0.113. The van der Waals surface area contributed by atoms with E-state index in [1.165, 1.54) is 14.0 Å². The van der Waals surface area contributed by atoms with Crippen LogP contribution < -0.4 is 4.74 Å². The highest BCUT2D eigenvalue weighted by Crippen LogP contribution is 2.21. The van der Waals surface area contributed by atoms with Crippen LogP contribution in [-0.4, -0.2) is 42.5 Å². The van der Waals surface area contributed by atoms with Gasteiger partial charge in [0.25, 0.3) is 0 Å². The van der Waals surface area contributed by atoms with Crippen molar-refractivity contribution in [2.75, 3.05) is 13.7 Å². The van der Waals surface area contributed by atoms with Crippen LogP contribution in [-0.2, 0) is 20.7 Å². The summed E-state index contributed by atoms with van der Waals surface area (Å²) in [4.78, 5) is 39.4. The number of aromatic amines is 1. The predicted molar refractivity (Wildman–Crippen MR) is 103 cm³/mol. The number of aryl methyl sites for hydroxylation is 2. The van der Waals surface area contributed by atoms with Gasteiger partial charge in [-0.1, -0.05) is 19.1 Å². The third-order valence-corrected chi connectivity index (χ3v) is 4.44. The number of esters is 2. The van der Waals surface area contributed by atoms with Crippen molar-refractivity contribution in [2.24, 2.45) is 0 Å². The van der Waals surface area contributed by atoms with E-state index in [0.717, 1.165) is 12.0 Å². The van der Waals surface area contributed by atoms with E-state index in [9.17, 15) is 14.4 Å². The van der Waals surface area contributed by atoms with Crippen molar-refractivity contribution in [1.82, 2.24) is 4.98 Å². The molecule has 0 radical (unpaired) electrons. The second-order valence-electron chi connectivity index (χ2n) is 6.40. The van der Waals surface area contributed by atoms with Gasteiger partial charge in [-0.05, 0) is 50.5 Å². The standard InChI is InChI=1S/C21H25NO6/c1-6-15-7-9-16(10-8-15)27-11-17(23)28-14(4)20(24)19-12(2)18(13(3)22-19)21(25)26-5/h7-10,14,22H,6,11H2,1-5H3/t14-/m1/s1. The van der Waals surface area contributed by atoms with Crippen molar-refractivity contribution >= 4 is 17.7 Å². The number of carbonyl (C=O) groups is 3. The average Bonchev–Trinajstić information content (AvgIpc) is 2.99. The second-order valence-corrected chi connectivity index (χ2v) is 6.40. The summed E-state index contributed by atoms with van der Waals surface area (Å²) in [6, 6.07) is 7.39. The minimum Gasteiger partial charge on any atom is -0.482 e. The van der Waals surface area contributed by atoms with E-state index >= 15 is 0 Å². The summed E-state index contributed by atoms with van der Waals surface area (Å²) in [5.74, 6) is -1.07. The predicted octanol–water partition coefficient (Wildman–Crippen LogP) is 3.17. The highest BCUT2D eigenvalue weighted by Gasteiger charge is 2.27. The Hall–Kier alpha value is -3.09. The number of rotatable bonds is 8. The molecule has 0 saturated carbocycles. The lowest BCUT2D eigenvalue weighted by Gasteiger charge is -2.13. The third-order valence-electron chi connectivity index (χ3n) is 4.44. The molecule has 1 heterocycles. The molecule has 2 rings (SSSR count). The molecule has 1 N–H and O–H groups in total. The Balaban J connectivity index is 1.98. The number of benzene rings is 1. The molecule has 1 atom stereocenters. The Morgan fingerprint density at radius 2 is 1.75 bits per heavy atom. The van der Waals surface area contributed by atoms with Crippen molar-refractivity contribution in [3.05, 3.63) is 52.3 Å². The van der Waals surface area contributed by atoms with Gasteiger partial charge in [0, 0.05) is 5.69 Å². The van der Waals surface area contributed by atoms with Gasteiger partial charge in [-0.15, -0.1) is 0 Å². The number of hydrogen-bond donors (Lipinski definition) is 1. The van der Waals surface area contributed by atoms with E-state index in [4.69, 9.17) is 14.2 Å². The Kier molecular flexibility index (Phi) is 6.98. The molecule has 2 aromatic rings. The molecular formula is C21H25NO6. The van der Waals surface area contributed by atoms with Gasteiger partial charge in [-0.3, -0.25) is 4.79 Å². The Bertz CT molecular complexity index is 866. The number of Topliss-reactive ketones (excluding diaryl/α,β-unsaturated/α-hetero) is 1. The minimum atomic E-state index is -1.03. The summed E-state index contributed by atoms with van der Waals surface area (Å²) in [5, 5.41) is 0. The number of hydrogen-bond acceptors (Lipinski definition) is 6. The van der Waals surface area contributed by atoms with Crippen molar-refractivity contribution in [3.63, 3.8) is 0 Å². The SMILES string of the molecule is CCc1ccc(OCC(=O)O[C@H](C)C(=O)c2[nH]c(C)c(C(=O)OC)c2C)cc1. The number of aromatic nitrogens is 1. The van der Waals surface area contributed by atoms with Crippen molar-refractivity contribution in [3.8, 4) is 5.75 Å².